The molecule has 0 atom stereocenters. The number of hydrogen-bond donors (Lipinski definition) is 1. The second-order valence-corrected chi connectivity index (χ2v) is 3.00. The van der Waals surface area contributed by atoms with Crippen molar-refractivity contribution in [3.63, 3.8) is 0 Å². The van der Waals surface area contributed by atoms with E-state index in [2.05, 4.69) is 0 Å². The molecule has 5 nitrogen and oxygen atoms in total. The molecular formula is C11H15NO4. The van der Waals surface area contributed by atoms with Crippen molar-refractivity contribution in [3.05, 3.63) is 23.8 Å². The molecule has 0 saturated heterocycles. The van der Waals surface area contributed by atoms with Gasteiger partial charge in [-0.2, -0.15) is 0 Å². The Labute approximate surface area is 94.1 Å². The zero-order valence-corrected chi connectivity index (χ0v) is 9.36. The highest BCUT2D eigenvalue weighted by Gasteiger charge is 2.09. The number of benzene rings is 1. The highest BCUT2D eigenvalue weighted by molar-refractivity contribution is 5.90. The van der Waals surface area contributed by atoms with Crippen molar-refractivity contribution in [1.82, 2.24) is 0 Å². The fraction of sp³-hybridized carbons (Fsp3) is 0.364. The van der Waals surface area contributed by atoms with E-state index in [1.165, 1.54) is 13.2 Å². The maximum Gasteiger partial charge on any atom is 0.340 e. The van der Waals surface area contributed by atoms with E-state index in [-0.39, 0.29) is 6.79 Å². The number of esters is 1. The lowest BCUT2D eigenvalue weighted by Gasteiger charge is -2.07. The second kappa shape index (κ2) is 5.97. The standard InChI is InChI=1S/C11H15NO4/c1-3-15-7-16-11(13)8-4-5-9(12)10(6-8)14-2/h4-6H,3,7,12H2,1-2H3. The van der Waals surface area contributed by atoms with E-state index in [1.807, 2.05) is 6.92 Å². The summed E-state index contributed by atoms with van der Waals surface area (Å²) in [6.45, 7) is 2.26. The van der Waals surface area contributed by atoms with Gasteiger partial charge >= 0.3 is 5.97 Å². The topological polar surface area (TPSA) is 70.8 Å². The summed E-state index contributed by atoms with van der Waals surface area (Å²) in [6, 6.07) is 4.70. The highest BCUT2D eigenvalue weighted by atomic mass is 16.7. The molecule has 5 heteroatoms. The van der Waals surface area contributed by atoms with Crippen molar-refractivity contribution >= 4 is 11.7 Å². The van der Waals surface area contributed by atoms with Crippen molar-refractivity contribution in [2.24, 2.45) is 0 Å². The average molecular weight is 225 g/mol. The maximum absolute atomic E-state index is 11.5. The Kier molecular flexibility index (Phi) is 4.60. The third-order valence-corrected chi connectivity index (χ3v) is 1.95. The van der Waals surface area contributed by atoms with Crippen LogP contribution in [0, 0.1) is 0 Å². The van der Waals surface area contributed by atoms with Crippen LogP contribution in [0.5, 0.6) is 5.75 Å². The number of carbonyl (C=O) groups excluding carboxylic acids is 1. The van der Waals surface area contributed by atoms with Crippen LogP contribution < -0.4 is 10.5 Å². The van der Waals surface area contributed by atoms with E-state index in [1.54, 1.807) is 12.1 Å². The Morgan fingerprint density at radius 2 is 2.19 bits per heavy atom. The SMILES string of the molecule is CCOCOC(=O)c1ccc(N)c(OC)c1. The molecule has 0 aromatic heterocycles. The number of rotatable bonds is 5. The van der Waals surface area contributed by atoms with E-state index in [4.69, 9.17) is 19.9 Å². The van der Waals surface area contributed by atoms with Crippen LogP contribution in [0.25, 0.3) is 0 Å². The molecule has 0 aliphatic rings. The van der Waals surface area contributed by atoms with Gasteiger partial charge in [0.2, 0.25) is 0 Å². The van der Waals surface area contributed by atoms with Crippen molar-refractivity contribution in [1.29, 1.82) is 0 Å². The van der Waals surface area contributed by atoms with Gasteiger partial charge in [0.25, 0.3) is 0 Å². The zero-order chi connectivity index (χ0) is 12.0. The number of nitrogens with two attached hydrogens (primary N) is 1. The average Bonchev–Trinajstić information content (AvgIpc) is 2.30. The minimum Gasteiger partial charge on any atom is -0.495 e. The van der Waals surface area contributed by atoms with Gasteiger partial charge in [0.05, 0.1) is 18.4 Å². The van der Waals surface area contributed by atoms with Gasteiger partial charge in [-0.3, -0.25) is 0 Å². The quantitative estimate of drug-likeness (QED) is 0.355. The van der Waals surface area contributed by atoms with Gasteiger partial charge in [-0.15, -0.1) is 0 Å². The van der Waals surface area contributed by atoms with E-state index < -0.39 is 5.97 Å². The minimum atomic E-state index is -0.466. The van der Waals surface area contributed by atoms with Gasteiger partial charge in [-0.25, -0.2) is 4.79 Å². The summed E-state index contributed by atoms with van der Waals surface area (Å²) in [4.78, 5) is 11.5. The first-order chi connectivity index (χ1) is 7.69. The van der Waals surface area contributed by atoms with Crippen LogP contribution in [0.3, 0.4) is 0 Å². The minimum absolute atomic E-state index is 0.0535. The third kappa shape index (κ3) is 3.13. The molecule has 1 aromatic carbocycles. The normalized spacial score (nSPS) is 9.88. The van der Waals surface area contributed by atoms with Gasteiger partial charge in [0, 0.05) is 6.61 Å². The van der Waals surface area contributed by atoms with Gasteiger partial charge in [-0.05, 0) is 25.1 Å². The molecule has 0 spiro atoms. The van der Waals surface area contributed by atoms with Crippen molar-refractivity contribution in [2.45, 2.75) is 6.92 Å². The number of nitrogen functional groups attached to an aromatic ring is 1. The molecular weight excluding hydrogens is 210 g/mol. The molecule has 0 aliphatic heterocycles. The number of hydrogen-bond acceptors (Lipinski definition) is 5. The molecule has 0 radical (unpaired) electrons. The Morgan fingerprint density at radius 3 is 2.81 bits per heavy atom. The molecule has 0 unspecified atom stereocenters. The van der Waals surface area contributed by atoms with Crippen LogP contribution in [0.15, 0.2) is 18.2 Å². The monoisotopic (exact) mass is 225 g/mol. The summed E-state index contributed by atoms with van der Waals surface area (Å²) in [7, 11) is 1.49. The van der Waals surface area contributed by atoms with Crippen molar-refractivity contribution in [2.75, 3.05) is 26.2 Å². The van der Waals surface area contributed by atoms with Crippen LogP contribution in [-0.2, 0) is 9.47 Å². The lowest BCUT2D eigenvalue weighted by molar-refractivity contribution is -0.0274. The molecule has 0 saturated carbocycles. The predicted octanol–water partition coefficient (Wildman–Crippen LogP) is 1.43. The first-order valence-corrected chi connectivity index (χ1v) is 4.87. The highest BCUT2D eigenvalue weighted by Crippen LogP contribution is 2.22. The molecule has 0 heterocycles. The Bertz CT molecular complexity index is 365. The first-order valence-electron chi connectivity index (χ1n) is 4.87. The Morgan fingerprint density at radius 1 is 1.44 bits per heavy atom. The summed E-state index contributed by atoms with van der Waals surface area (Å²) in [6.07, 6.45) is 0. The summed E-state index contributed by atoms with van der Waals surface area (Å²) in [5.74, 6) is -0.0161. The first kappa shape index (κ1) is 12.3. The molecule has 2 N–H and O–H groups in total. The fourth-order valence-corrected chi connectivity index (χ4v) is 1.10. The molecule has 88 valence electrons. The van der Waals surface area contributed by atoms with Crippen LogP contribution in [0.2, 0.25) is 0 Å². The second-order valence-electron chi connectivity index (χ2n) is 3.00. The smallest absolute Gasteiger partial charge is 0.340 e. The lowest BCUT2D eigenvalue weighted by Crippen LogP contribution is -2.09. The number of methoxy groups -OCH3 is 1. The third-order valence-electron chi connectivity index (χ3n) is 1.95. The number of carbonyl (C=O) groups is 1. The van der Waals surface area contributed by atoms with Gasteiger partial charge in [-0.1, -0.05) is 0 Å². The van der Waals surface area contributed by atoms with E-state index in [9.17, 15) is 4.79 Å². The largest absolute Gasteiger partial charge is 0.495 e. The molecule has 16 heavy (non-hydrogen) atoms. The maximum atomic E-state index is 11.5. The lowest BCUT2D eigenvalue weighted by atomic mass is 10.2. The molecule has 0 bridgehead atoms. The van der Waals surface area contributed by atoms with Crippen molar-refractivity contribution < 1.29 is 19.0 Å². The zero-order valence-electron chi connectivity index (χ0n) is 9.36. The summed E-state index contributed by atoms with van der Waals surface area (Å²) >= 11 is 0. The van der Waals surface area contributed by atoms with Crippen LogP contribution in [-0.4, -0.2) is 26.5 Å². The van der Waals surface area contributed by atoms with Gasteiger partial charge in [0.1, 0.15) is 5.75 Å². The molecule has 0 aliphatic carbocycles. The Hall–Kier alpha value is -1.75. The summed E-state index contributed by atoms with van der Waals surface area (Å²) < 4.78 is 14.8. The number of ether oxygens (including phenoxy) is 3. The van der Waals surface area contributed by atoms with E-state index >= 15 is 0 Å². The Balaban J connectivity index is 2.68. The van der Waals surface area contributed by atoms with Crippen LogP contribution in [0.4, 0.5) is 5.69 Å². The van der Waals surface area contributed by atoms with E-state index in [0.29, 0.717) is 23.6 Å². The number of anilines is 1. The van der Waals surface area contributed by atoms with Crippen LogP contribution in [0.1, 0.15) is 17.3 Å². The molecule has 1 rings (SSSR count). The van der Waals surface area contributed by atoms with Gasteiger partial charge in [0.15, 0.2) is 6.79 Å². The molecule has 0 fully saturated rings. The predicted molar refractivity (Wildman–Crippen MR) is 59.3 cm³/mol. The van der Waals surface area contributed by atoms with Crippen molar-refractivity contribution in [3.8, 4) is 5.75 Å². The molecule has 0 amide bonds. The van der Waals surface area contributed by atoms with Gasteiger partial charge < -0.3 is 19.9 Å². The summed E-state index contributed by atoms with van der Waals surface area (Å²) in [5, 5.41) is 0. The van der Waals surface area contributed by atoms with E-state index in [0.717, 1.165) is 0 Å². The van der Waals surface area contributed by atoms with Crippen LogP contribution >= 0.6 is 0 Å². The molecule has 1 aromatic rings. The fourth-order valence-electron chi connectivity index (χ4n) is 1.10. The summed E-state index contributed by atoms with van der Waals surface area (Å²) in [5.41, 5.74) is 6.48.